The number of ether oxygens (including phenoxy) is 2. The Morgan fingerprint density at radius 2 is 2.21 bits per heavy atom. The molecule has 0 saturated carbocycles. The van der Waals surface area contributed by atoms with E-state index < -0.39 is 11.8 Å². The normalized spacial score (nSPS) is 18.0. The van der Waals surface area contributed by atoms with E-state index in [4.69, 9.17) is 9.47 Å². The fourth-order valence-electron chi connectivity index (χ4n) is 2.18. The van der Waals surface area contributed by atoms with E-state index in [0.717, 1.165) is 32.8 Å². The molecule has 5 heteroatoms. The van der Waals surface area contributed by atoms with Gasteiger partial charge >= 0.3 is 5.97 Å². The van der Waals surface area contributed by atoms with Gasteiger partial charge in [-0.15, -0.1) is 0 Å². The molecule has 1 fully saturated rings. The van der Waals surface area contributed by atoms with Crippen molar-refractivity contribution in [3.05, 3.63) is 35.6 Å². The molecule has 104 valence electrons. The third kappa shape index (κ3) is 4.29. The molecule has 1 aliphatic rings. The van der Waals surface area contributed by atoms with Gasteiger partial charge in [0.1, 0.15) is 31.6 Å². The van der Waals surface area contributed by atoms with Crippen LogP contribution in [0.5, 0.6) is 0 Å². The number of hydrogen-bond acceptors (Lipinski definition) is 3. The number of carbonyl (C=O) groups excluding carboxylic acids is 1. The Morgan fingerprint density at radius 3 is 2.89 bits per heavy atom. The van der Waals surface area contributed by atoms with Crippen molar-refractivity contribution in [2.45, 2.75) is 13.0 Å². The SMILES string of the molecule is CC(C[NH+]1CCOCC1)OC(=O)c1cccc(F)c1. The highest BCUT2D eigenvalue weighted by Gasteiger charge is 2.20. The zero-order valence-electron chi connectivity index (χ0n) is 11.0. The molecule has 0 spiro atoms. The number of esters is 1. The summed E-state index contributed by atoms with van der Waals surface area (Å²) in [4.78, 5) is 13.2. The van der Waals surface area contributed by atoms with E-state index in [1.165, 1.54) is 23.1 Å². The molecule has 0 aliphatic carbocycles. The van der Waals surface area contributed by atoms with Gasteiger partial charge in [0.25, 0.3) is 0 Å². The zero-order valence-corrected chi connectivity index (χ0v) is 11.0. The molecule has 19 heavy (non-hydrogen) atoms. The summed E-state index contributed by atoms with van der Waals surface area (Å²) in [6.07, 6.45) is -0.191. The van der Waals surface area contributed by atoms with Crippen molar-refractivity contribution in [2.24, 2.45) is 0 Å². The number of benzene rings is 1. The molecule has 4 nitrogen and oxygen atoms in total. The van der Waals surface area contributed by atoms with Crippen molar-refractivity contribution in [3.63, 3.8) is 0 Å². The van der Waals surface area contributed by atoms with Gasteiger partial charge in [0.15, 0.2) is 0 Å². The highest BCUT2D eigenvalue weighted by atomic mass is 19.1. The first-order valence-corrected chi connectivity index (χ1v) is 6.53. The topological polar surface area (TPSA) is 40.0 Å². The molecule has 2 rings (SSSR count). The van der Waals surface area contributed by atoms with E-state index in [1.54, 1.807) is 6.07 Å². The van der Waals surface area contributed by atoms with Crippen LogP contribution in [-0.4, -0.2) is 44.9 Å². The van der Waals surface area contributed by atoms with Crippen LogP contribution in [0.3, 0.4) is 0 Å². The van der Waals surface area contributed by atoms with Crippen LogP contribution < -0.4 is 4.90 Å². The van der Waals surface area contributed by atoms with Crippen LogP contribution in [0.1, 0.15) is 17.3 Å². The first-order chi connectivity index (χ1) is 9.15. The number of carbonyl (C=O) groups is 1. The third-order valence-electron chi connectivity index (χ3n) is 3.14. The van der Waals surface area contributed by atoms with E-state index in [9.17, 15) is 9.18 Å². The maximum Gasteiger partial charge on any atom is 0.338 e. The predicted octanol–water partition coefficient (Wildman–Crippen LogP) is 0.286. The van der Waals surface area contributed by atoms with Gasteiger partial charge in [-0.05, 0) is 25.1 Å². The van der Waals surface area contributed by atoms with Crippen molar-refractivity contribution in [1.29, 1.82) is 0 Å². The summed E-state index contributed by atoms with van der Waals surface area (Å²) in [5.41, 5.74) is 0.254. The maximum absolute atomic E-state index is 13.0. The smallest absolute Gasteiger partial charge is 0.338 e. The van der Waals surface area contributed by atoms with E-state index in [0.29, 0.717) is 0 Å². The van der Waals surface area contributed by atoms with Gasteiger partial charge in [-0.3, -0.25) is 0 Å². The average Bonchev–Trinajstić information content (AvgIpc) is 2.39. The van der Waals surface area contributed by atoms with Crippen LogP contribution in [0.25, 0.3) is 0 Å². The summed E-state index contributed by atoms with van der Waals surface area (Å²) in [6.45, 7) is 5.98. The molecule has 1 N–H and O–H groups in total. The summed E-state index contributed by atoms with van der Waals surface area (Å²) < 4.78 is 23.6. The molecule has 0 aromatic heterocycles. The Labute approximate surface area is 112 Å². The van der Waals surface area contributed by atoms with Gasteiger partial charge in [-0.25, -0.2) is 9.18 Å². The lowest BCUT2D eigenvalue weighted by Crippen LogP contribution is -3.15. The van der Waals surface area contributed by atoms with E-state index in [-0.39, 0.29) is 11.7 Å². The molecular weight excluding hydrogens is 249 g/mol. The summed E-state index contributed by atoms with van der Waals surface area (Å²) in [5, 5.41) is 0. The lowest BCUT2D eigenvalue weighted by molar-refractivity contribution is -0.910. The van der Waals surface area contributed by atoms with Gasteiger partial charge < -0.3 is 14.4 Å². The average molecular weight is 268 g/mol. The predicted molar refractivity (Wildman–Crippen MR) is 67.7 cm³/mol. The molecule has 0 amide bonds. The van der Waals surface area contributed by atoms with E-state index in [2.05, 4.69) is 0 Å². The van der Waals surface area contributed by atoms with Gasteiger partial charge in [-0.2, -0.15) is 0 Å². The quantitative estimate of drug-likeness (QED) is 0.798. The van der Waals surface area contributed by atoms with Crippen molar-refractivity contribution < 1.29 is 23.6 Å². The number of hydrogen-bond donors (Lipinski definition) is 1. The molecule has 0 bridgehead atoms. The largest absolute Gasteiger partial charge is 0.453 e. The Bertz CT molecular complexity index is 432. The number of rotatable bonds is 4. The molecule has 1 unspecified atom stereocenters. The molecule has 1 atom stereocenters. The Morgan fingerprint density at radius 1 is 1.47 bits per heavy atom. The van der Waals surface area contributed by atoms with Crippen LogP contribution in [-0.2, 0) is 9.47 Å². The molecular formula is C14H19FNO3+. The minimum absolute atomic E-state index is 0.191. The summed E-state index contributed by atoms with van der Waals surface area (Å²) >= 11 is 0. The molecule has 0 radical (unpaired) electrons. The van der Waals surface area contributed by atoms with Crippen LogP contribution >= 0.6 is 0 Å². The number of quaternary nitrogens is 1. The van der Waals surface area contributed by atoms with Gasteiger partial charge in [0, 0.05) is 0 Å². The first-order valence-electron chi connectivity index (χ1n) is 6.53. The van der Waals surface area contributed by atoms with Crippen molar-refractivity contribution in [1.82, 2.24) is 0 Å². The minimum atomic E-state index is -0.473. The standard InChI is InChI=1S/C14H18FNO3/c1-11(10-16-5-7-18-8-6-16)19-14(17)12-3-2-4-13(15)9-12/h2-4,9,11H,5-8,10H2,1H3/p+1. The van der Waals surface area contributed by atoms with Crippen molar-refractivity contribution in [2.75, 3.05) is 32.8 Å². The molecule has 1 heterocycles. The molecule has 1 aliphatic heterocycles. The van der Waals surface area contributed by atoms with E-state index in [1.807, 2.05) is 6.92 Å². The monoisotopic (exact) mass is 268 g/mol. The van der Waals surface area contributed by atoms with Gasteiger partial charge in [0.05, 0.1) is 18.8 Å². The highest BCUT2D eigenvalue weighted by molar-refractivity contribution is 5.89. The number of morpholine rings is 1. The Balaban J connectivity index is 1.84. The summed E-state index contributed by atoms with van der Waals surface area (Å²) in [7, 11) is 0. The van der Waals surface area contributed by atoms with E-state index >= 15 is 0 Å². The Kier molecular flexibility index (Phi) is 4.87. The molecule has 1 saturated heterocycles. The number of halogens is 1. The van der Waals surface area contributed by atoms with Gasteiger partial charge in [0.2, 0.25) is 0 Å². The van der Waals surface area contributed by atoms with Crippen LogP contribution in [0.15, 0.2) is 24.3 Å². The highest BCUT2D eigenvalue weighted by Crippen LogP contribution is 2.06. The second-order valence-electron chi connectivity index (χ2n) is 4.79. The van der Waals surface area contributed by atoms with Crippen LogP contribution in [0.4, 0.5) is 4.39 Å². The van der Waals surface area contributed by atoms with Crippen LogP contribution in [0.2, 0.25) is 0 Å². The lowest BCUT2D eigenvalue weighted by Gasteiger charge is -2.26. The Hall–Kier alpha value is -1.46. The fraction of sp³-hybridized carbons (Fsp3) is 0.500. The maximum atomic E-state index is 13.0. The first kappa shape index (κ1) is 14.0. The van der Waals surface area contributed by atoms with Gasteiger partial charge in [-0.1, -0.05) is 6.07 Å². The second kappa shape index (κ2) is 6.63. The van der Waals surface area contributed by atoms with Crippen molar-refractivity contribution >= 4 is 5.97 Å². The van der Waals surface area contributed by atoms with Crippen LogP contribution in [0, 0.1) is 5.82 Å². The minimum Gasteiger partial charge on any atom is -0.453 e. The molecule has 1 aromatic carbocycles. The second-order valence-corrected chi connectivity index (χ2v) is 4.79. The summed E-state index contributed by atoms with van der Waals surface area (Å²) in [5.74, 6) is -0.902. The summed E-state index contributed by atoms with van der Waals surface area (Å²) in [6, 6.07) is 5.55. The zero-order chi connectivity index (χ0) is 13.7. The molecule has 1 aromatic rings. The third-order valence-corrected chi connectivity index (χ3v) is 3.14. The number of nitrogens with one attached hydrogen (secondary N) is 1. The lowest BCUT2D eigenvalue weighted by atomic mass is 10.2. The van der Waals surface area contributed by atoms with Crippen molar-refractivity contribution in [3.8, 4) is 0 Å². The fourth-order valence-corrected chi connectivity index (χ4v) is 2.18.